The summed E-state index contributed by atoms with van der Waals surface area (Å²) in [7, 11) is 1.59. The van der Waals surface area contributed by atoms with E-state index >= 15 is 0 Å². The van der Waals surface area contributed by atoms with Gasteiger partial charge in [0.2, 0.25) is 0 Å². The van der Waals surface area contributed by atoms with E-state index in [0.717, 1.165) is 16.7 Å². The maximum Gasteiger partial charge on any atom is 0.251 e. The maximum absolute atomic E-state index is 14.8. The number of nitrogens with one attached hydrogen (secondary N) is 1. The molecule has 0 aliphatic heterocycles. The molecule has 0 bridgehead atoms. The number of rotatable bonds is 9. The molecule has 1 heterocycles. The van der Waals surface area contributed by atoms with Gasteiger partial charge in [0, 0.05) is 30.5 Å². The Bertz CT molecular complexity index is 1270. The summed E-state index contributed by atoms with van der Waals surface area (Å²) in [5, 5.41) is 12.2. The second kappa shape index (κ2) is 11.1. The van der Waals surface area contributed by atoms with Crippen LogP contribution in [0.5, 0.6) is 0 Å². The van der Waals surface area contributed by atoms with Gasteiger partial charge >= 0.3 is 0 Å². The van der Waals surface area contributed by atoms with E-state index in [1.54, 1.807) is 35.9 Å². The van der Waals surface area contributed by atoms with Crippen LogP contribution in [0, 0.1) is 12.7 Å². The van der Waals surface area contributed by atoms with Gasteiger partial charge in [0.1, 0.15) is 5.82 Å². The monoisotopic (exact) mass is 476 g/mol. The zero-order chi connectivity index (χ0) is 23.9. The smallest absolute Gasteiger partial charge is 0.251 e. The van der Waals surface area contributed by atoms with Crippen molar-refractivity contribution >= 4 is 17.7 Å². The number of amides is 1. The third kappa shape index (κ3) is 5.35. The van der Waals surface area contributed by atoms with Gasteiger partial charge < -0.3 is 10.1 Å². The number of para-hydroxylation sites is 1. The molecule has 0 spiro atoms. The van der Waals surface area contributed by atoms with E-state index in [1.807, 2.05) is 49.4 Å². The average molecular weight is 477 g/mol. The highest BCUT2D eigenvalue weighted by Crippen LogP contribution is 2.31. The first-order valence-electron chi connectivity index (χ1n) is 10.8. The van der Waals surface area contributed by atoms with Crippen LogP contribution < -0.4 is 5.32 Å². The number of thioether (sulfide) groups is 1. The highest BCUT2D eigenvalue weighted by atomic mass is 32.2. The quantitative estimate of drug-likeness (QED) is 0.270. The maximum atomic E-state index is 14.8. The van der Waals surface area contributed by atoms with E-state index < -0.39 is 0 Å². The van der Waals surface area contributed by atoms with E-state index in [-0.39, 0.29) is 11.7 Å². The van der Waals surface area contributed by atoms with Gasteiger partial charge in [-0.1, -0.05) is 71.9 Å². The van der Waals surface area contributed by atoms with Crippen molar-refractivity contribution in [1.82, 2.24) is 20.1 Å². The predicted molar refractivity (Wildman–Crippen MR) is 132 cm³/mol. The molecule has 0 radical (unpaired) electrons. The minimum Gasteiger partial charge on any atom is -0.383 e. The molecule has 0 aliphatic rings. The molecular weight excluding hydrogens is 451 g/mol. The van der Waals surface area contributed by atoms with Crippen LogP contribution in [0.3, 0.4) is 0 Å². The summed E-state index contributed by atoms with van der Waals surface area (Å²) in [4.78, 5) is 12.6. The number of aryl methyl sites for hydroxylation is 1. The van der Waals surface area contributed by atoms with Gasteiger partial charge in [0.15, 0.2) is 11.0 Å². The number of hydrogen-bond acceptors (Lipinski definition) is 5. The van der Waals surface area contributed by atoms with Crippen LogP contribution in [0.25, 0.3) is 17.1 Å². The highest BCUT2D eigenvalue weighted by molar-refractivity contribution is 7.98. The Morgan fingerprint density at radius 2 is 1.76 bits per heavy atom. The van der Waals surface area contributed by atoms with E-state index in [2.05, 4.69) is 15.5 Å². The van der Waals surface area contributed by atoms with Crippen molar-refractivity contribution in [2.75, 3.05) is 20.3 Å². The van der Waals surface area contributed by atoms with E-state index in [9.17, 15) is 9.18 Å². The molecule has 0 aliphatic carbocycles. The predicted octanol–water partition coefficient (Wildman–Crippen LogP) is 5.05. The second-order valence-electron chi connectivity index (χ2n) is 7.65. The number of carbonyl (C=O) groups excluding carboxylic acids is 1. The van der Waals surface area contributed by atoms with Crippen LogP contribution in [-0.4, -0.2) is 40.9 Å². The standard InChI is InChI=1S/C26H25FN4O2S/c1-18-11-13-19(14-12-18)24-29-30-26(31(24)23-10-6-5-9-22(23)27)34-17-20-7-3-4-8-21(20)25(32)28-15-16-33-2/h3-14H,15-17H2,1-2H3,(H,28,32). The summed E-state index contributed by atoms with van der Waals surface area (Å²) >= 11 is 1.40. The molecule has 34 heavy (non-hydrogen) atoms. The lowest BCUT2D eigenvalue weighted by molar-refractivity contribution is 0.0936. The molecule has 1 amide bonds. The summed E-state index contributed by atoms with van der Waals surface area (Å²) in [6, 6.07) is 21.8. The molecule has 174 valence electrons. The lowest BCUT2D eigenvalue weighted by Gasteiger charge is -2.13. The molecule has 0 fully saturated rings. The molecular formula is C26H25FN4O2S. The molecule has 0 unspecified atom stereocenters. The third-order valence-electron chi connectivity index (χ3n) is 5.25. The van der Waals surface area contributed by atoms with Crippen molar-refractivity contribution in [3.8, 4) is 17.1 Å². The molecule has 1 N–H and O–H groups in total. The number of halogens is 1. The van der Waals surface area contributed by atoms with Crippen LogP contribution in [0.15, 0.2) is 78.0 Å². The fourth-order valence-corrected chi connectivity index (χ4v) is 4.42. The van der Waals surface area contributed by atoms with Gasteiger partial charge in [0.05, 0.1) is 12.3 Å². The molecule has 0 saturated carbocycles. The van der Waals surface area contributed by atoms with Crippen molar-refractivity contribution < 1.29 is 13.9 Å². The zero-order valence-corrected chi connectivity index (χ0v) is 19.8. The van der Waals surface area contributed by atoms with Crippen molar-refractivity contribution in [3.05, 3.63) is 95.3 Å². The van der Waals surface area contributed by atoms with Crippen LogP contribution >= 0.6 is 11.8 Å². The Balaban J connectivity index is 1.66. The molecule has 1 aromatic heterocycles. The number of benzene rings is 3. The van der Waals surface area contributed by atoms with Crippen LogP contribution in [0.4, 0.5) is 4.39 Å². The van der Waals surface area contributed by atoms with E-state index in [1.165, 1.54) is 17.8 Å². The Kier molecular flexibility index (Phi) is 7.72. The first-order valence-corrected chi connectivity index (χ1v) is 11.8. The van der Waals surface area contributed by atoms with Crippen molar-refractivity contribution in [3.63, 3.8) is 0 Å². The van der Waals surface area contributed by atoms with Gasteiger partial charge in [0.25, 0.3) is 5.91 Å². The molecule has 3 aromatic carbocycles. The van der Waals surface area contributed by atoms with E-state index in [4.69, 9.17) is 4.74 Å². The molecule has 0 atom stereocenters. The second-order valence-corrected chi connectivity index (χ2v) is 8.60. The van der Waals surface area contributed by atoms with Crippen molar-refractivity contribution in [2.24, 2.45) is 0 Å². The Labute approximate surface area is 202 Å². The number of hydrogen-bond donors (Lipinski definition) is 1. The van der Waals surface area contributed by atoms with Gasteiger partial charge in [-0.05, 0) is 30.7 Å². The Hall–Kier alpha value is -3.49. The third-order valence-corrected chi connectivity index (χ3v) is 6.22. The summed E-state index contributed by atoms with van der Waals surface area (Å²) in [5.74, 6) is 0.492. The molecule has 6 nitrogen and oxygen atoms in total. The van der Waals surface area contributed by atoms with Gasteiger partial charge in [-0.3, -0.25) is 9.36 Å². The van der Waals surface area contributed by atoms with Crippen LogP contribution in [0.2, 0.25) is 0 Å². The zero-order valence-electron chi connectivity index (χ0n) is 19.0. The molecule has 8 heteroatoms. The lowest BCUT2D eigenvalue weighted by atomic mass is 10.1. The largest absolute Gasteiger partial charge is 0.383 e. The van der Waals surface area contributed by atoms with E-state index in [0.29, 0.717) is 41.1 Å². The summed E-state index contributed by atoms with van der Waals surface area (Å²) in [6.07, 6.45) is 0. The molecule has 4 rings (SSSR count). The molecule has 0 saturated heterocycles. The fraction of sp³-hybridized carbons (Fsp3) is 0.192. The first kappa shape index (κ1) is 23.7. The van der Waals surface area contributed by atoms with Gasteiger partial charge in [-0.25, -0.2) is 4.39 Å². The molecule has 4 aromatic rings. The SMILES string of the molecule is COCCNC(=O)c1ccccc1CSc1nnc(-c2ccc(C)cc2)n1-c1ccccc1F. The summed E-state index contributed by atoms with van der Waals surface area (Å²) < 4.78 is 21.6. The number of aromatic nitrogens is 3. The Morgan fingerprint density at radius 3 is 2.53 bits per heavy atom. The Morgan fingerprint density at radius 1 is 1.03 bits per heavy atom. The number of ether oxygens (including phenoxy) is 1. The topological polar surface area (TPSA) is 69.0 Å². The average Bonchev–Trinajstić information content (AvgIpc) is 3.27. The lowest BCUT2D eigenvalue weighted by Crippen LogP contribution is -2.27. The summed E-state index contributed by atoms with van der Waals surface area (Å²) in [5.41, 5.74) is 3.77. The minimum absolute atomic E-state index is 0.163. The minimum atomic E-state index is -0.365. The van der Waals surface area contributed by atoms with Crippen LogP contribution in [-0.2, 0) is 10.5 Å². The highest BCUT2D eigenvalue weighted by Gasteiger charge is 2.19. The summed E-state index contributed by atoms with van der Waals surface area (Å²) in [6.45, 7) is 2.88. The fourth-order valence-electron chi connectivity index (χ4n) is 3.48. The normalized spacial score (nSPS) is 10.9. The number of carbonyl (C=O) groups is 1. The number of nitrogens with zero attached hydrogens (tertiary/aromatic N) is 3. The van der Waals surface area contributed by atoms with Crippen molar-refractivity contribution in [2.45, 2.75) is 17.8 Å². The first-order chi connectivity index (χ1) is 16.6. The van der Waals surface area contributed by atoms with Gasteiger partial charge in [-0.2, -0.15) is 0 Å². The number of methoxy groups -OCH3 is 1. The van der Waals surface area contributed by atoms with Gasteiger partial charge in [-0.15, -0.1) is 10.2 Å². The van der Waals surface area contributed by atoms with Crippen molar-refractivity contribution in [1.29, 1.82) is 0 Å². The van der Waals surface area contributed by atoms with Crippen LogP contribution in [0.1, 0.15) is 21.5 Å².